The third kappa shape index (κ3) is 3.84. The second-order valence-corrected chi connectivity index (χ2v) is 6.38. The highest BCUT2D eigenvalue weighted by molar-refractivity contribution is 5.16. The maximum absolute atomic E-state index is 13.5. The highest BCUT2D eigenvalue weighted by Gasteiger charge is 2.42. The highest BCUT2D eigenvalue weighted by atomic mass is 19.1. The molecule has 3 rings (SSSR count). The van der Waals surface area contributed by atoms with E-state index in [1.54, 1.807) is 18.2 Å². The molecule has 1 aliphatic carbocycles. The van der Waals surface area contributed by atoms with Crippen LogP contribution in [0.1, 0.15) is 24.8 Å². The van der Waals surface area contributed by atoms with Crippen LogP contribution in [0.5, 0.6) is 0 Å². The van der Waals surface area contributed by atoms with Crippen molar-refractivity contribution < 1.29 is 19.0 Å². The van der Waals surface area contributed by atoms with Crippen molar-refractivity contribution in [2.75, 3.05) is 32.8 Å². The average Bonchev–Trinajstić information content (AvgIpc) is 2.48. The van der Waals surface area contributed by atoms with E-state index in [0.29, 0.717) is 12.1 Å². The van der Waals surface area contributed by atoms with Crippen LogP contribution >= 0.6 is 0 Å². The minimum absolute atomic E-state index is 0.0476. The predicted octanol–water partition coefficient (Wildman–Crippen LogP) is 1.96. The zero-order valence-corrected chi connectivity index (χ0v) is 12.8. The molecule has 2 fully saturated rings. The van der Waals surface area contributed by atoms with Crippen LogP contribution in [0.25, 0.3) is 0 Å². The Labute approximate surface area is 130 Å². The normalized spacial score (nSPS) is 22.5. The van der Waals surface area contributed by atoms with Gasteiger partial charge in [-0.15, -0.1) is 0 Å². The van der Waals surface area contributed by atoms with Crippen molar-refractivity contribution in [2.24, 2.45) is 0 Å². The predicted molar refractivity (Wildman–Crippen MR) is 81.0 cm³/mol. The van der Waals surface area contributed by atoms with Crippen LogP contribution in [0.15, 0.2) is 24.3 Å². The molecule has 1 aromatic rings. The van der Waals surface area contributed by atoms with Crippen molar-refractivity contribution in [2.45, 2.75) is 37.6 Å². The molecule has 0 amide bonds. The highest BCUT2D eigenvalue weighted by Crippen LogP contribution is 2.38. The molecule has 122 valence electrons. The van der Waals surface area contributed by atoms with Crippen LogP contribution in [-0.2, 0) is 16.1 Å². The van der Waals surface area contributed by atoms with Gasteiger partial charge in [-0.3, -0.25) is 4.90 Å². The Balaban J connectivity index is 1.39. The molecule has 0 aromatic heterocycles. The number of morpholine rings is 1. The molecule has 0 radical (unpaired) electrons. The van der Waals surface area contributed by atoms with Crippen molar-refractivity contribution in [3.05, 3.63) is 35.6 Å². The molecule has 1 N–H and O–H groups in total. The topological polar surface area (TPSA) is 41.9 Å². The molecule has 4 nitrogen and oxygen atoms in total. The molecule has 5 heteroatoms. The summed E-state index contributed by atoms with van der Waals surface area (Å²) in [6.45, 7) is 3.49. The molecule has 1 saturated heterocycles. The van der Waals surface area contributed by atoms with E-state index < -0.39 is 6.10 Å². The van der Waals surface area contributed by atoms with E-state index in [1.165, 1.54) is 12.5 Å². The summed E-state index contributed by atoms with van der Waals surface area (Å²) in [6.07, 6.45) is 2.94. The molecular formula is C17H24FNO3. The number of aliphatic hydroxyl groups is 1. The fraction of sp³-hybridized carbons (Fsp3) is 0.647. The van der Waals surface area contributed by atoms with Crippen molar-refractivity contribution in [3.63, 3.8) is 0 Å². The number of hydrogen-bond donors (Lipinski definition) is 1. The lowest BCUT2D eigenvalue weighted by Crippen LogP contribution is -2.57. The van der Waals surface area contributed by atoms with Crippen LogP contribution in [-0.4, -0.2) is 54.6 Å². The van der Waals surface area contributed by atoms with Gasteiger partial charge in [-0.25, -0.2) is 4.39 Å². The van der Waals surface area contributed by atoms with Gasteiger partial charge in [0.25, 0.3) is 0 Å². The van der Waals surface area contributed by atoms with Gasteiger partial charge in [0.15, 0.2) is 0 Å². The van der Waals surface area contributed by atoms with Gasteiger partial charge >= 0.3 is 0 Å². The quantitative estimate of drug-likeness (QED) is 0.872. The summed E-state index contributed by atoms with van der Waals surface area (Å²) >= 11 is 0. The zero-order chi connectivity index (χ0) is 15.4. The molecule has 1 heterocycles. The number of halogens is 1. The summed E-state index contributed by atoms with van der Waals surface area (Å²) in [5.41, 5.74) is 0.570. The lowest BCUT2D eigenvalue weighted by molar-refractivity contribution is -0.156. The third-order valence-electron chi connectivity index (χ3n) is 4.59. The smallest absolute Gasteiger partial charge is 0.128 e. The molecule has 1 spiro atoms. The van der Waals surface area contributed by atoms with Gasteiger partial charge in [-0.05, 0) is 25.3 Å². The molecule has 2 aliphatic rings. The Morgan fingerprint density at radius 1 is 1.36 bits per heavy atom. The molecule has 1 aliphatic heterocycles. The number of benzene rings is 1. The van der Waals surface area contributed by atoms with Gasteiger partial charge in [0, 0.05) is 25.2 Å². The van der Waals surface area contributed by atoms with E-state index in [1.807, 2.05) is 0 Å². The van der Waals surface area contributed by atoms with Gasteiger partial charge in [0.05, 0.1) is 31.5 Å². The van der Waals surface area contributed by atoms with Gasteiger partial charge in [-0.1, -0.05) is 18.2 Å². The van der Waals surface area contributed by atoms with Crippen LogP contribution < -0.4 is 0 Å². The van der Waals surface area contributed by atoms with Crippen LogP contribution in [0, 0.1) is 5.82 Å². The zero-order valence-electron chi connectivity index (χ0n) is 12.8. The molecule has 1 atom stereocenters. The maximum Gasteiger partial charge on any atom is 0.128 e. The van der Waals surface area contributed by atoms with Crippen LogP contribution in [0.4, 0.5) is 4.39 Å². The van der Waals surface area contributed by atoms with Crippen LogP contribution in [0.3, 0.4) is 0 Å². The molecular weight excluding hydrogens is 285 g/mol. The second kappa shape index (κ2) is 7.04. The fourth-order valence-corrected chi connectivity index (χ4v) is 3.22. The first kappa shape index (κ1) is 15.9. The fourth-order valence-electron chi connectivity index (χ4n) is 3.22. The molecule has 1 aromatic carbocycles. The Morgan fingerprint density at radius 3 is 2.91 bits per heavy atom. The summed E-state index contributed by atoms with van der Waals surface area (Å²) in [7, 11) is 0. The van der Waals surface area contributed by atoms with Crippen molar-refractivity contribution in [1.29, 1.82) is 0 Å². The first-order valence-electron chi connectivity index (χ1n) is 8.02. The Morgan fingerprint density at radius 2 is 2.18 bits per heavy atom. The SMILES string of the molecule is OC(COCc1ccccc1F)CN1CCOC2(CCC2)C1. The number of aliphatic hydroxyl groups excluding tert-OH is 1. The van der Waals surface area contributed by atoms with E-state index in [2.05, 4.69) is 4.90 Å². The first-order valence-corrected chi connectivity index (χ1v) is 8.02. The average molecular weight is 309 g/mol. The van der Waals surface area contributed by atoms with E-state index in [-0.39, 0.29) is 24.6 Å². The summed E-state index contributed by atoms with van der Waals surface area (Å²) in [5.74, 6) is -0.267. The van der Waals surface area contributed by atoms with E-state index in [9.17, 15) is 9.50 Å². The summed E-state index contributed by atoms with van der Waals surface area (Å²) in [5, 5.41) is 10.1. The lowest BCUT2D eigenvalue weighted by Gasteiger charge is -2.48. The number of nitrogens with zero attached hydrogens (tertiary/aromatic N) is 1. The first-order chi connectivity index (χ1) is 10.7. The Hall–Kier alpha value is -1.01. The van der Waals surface area contributed by atoms with Crippen molar-refractivity contribution in [1.82, 2.24) is 4.90 Å². The van der Waals surface area contributed by atoms with Crippen molar-refractivity contribution >= 4 is 0 Å². The number of hydrogen-bond acceptors (Lipinski definition) is 4. The van der Waals surface area contributed by atoms with Gasteiger partial charge < -0.3 is 14.6 Å². The lowest BCUT2D eigenvalue weighted by atomic mass is 9.79. The summed E-state index contributed by atoms with van der Waals surface area (Å²) in [6, 6.07) is 6.55. The molecule has 1 unspecified atom stereocenters. The van der Waals surface area contributed by atoms with Crippen molar-refractivity contribution in [3.8, 4) is 0 Å². The molecule has 1 saturated carbocycles. The van der Waals surface area contributed by atoms with E-state index in [0.717, 1.165) is 32.5 Å². The number of rotatable bonds is 6. The third-order valence-corrected chi connectivity index (χ3v) is 4.59. The van der Waals surface area contributed by atoms with E-state index in [4.69, 9.17) is 9.47 Å². The second-order valence-electron chi connectivity index (χ2n) is 6.38. The van der Waals surface area contributed by atoms with Gasteiger partial charge in [-0.2, -0.15) is 0 Å². The monoisotopic (exact) mass is 309 g/mol. The Bertz CT molecular complexity index is 493. The standard InChI is InChI=1S/C17H24FNO3/c18-16-5-2-1-4-14(16)11-21-12-15(20)10-19-8-9-22-17(13-19)6-3-7-17/h1-2,4-5,15,20H,3,6-13H2. The Kier molecular flexibility index (Phi) is 5.08. The minimum Gasteiger partial charge on any atom is -0.389 e. The molecule has 0 bridgehead atoms. The largest absolute Gasteiger partial charge is 0.389 e. The minimum atomic E-state index is -0.554. The summed E-state index contributed by atoms with van der Waals surface area (Å²) < 4.78 is 24.8. The van der Waals surface area contributed by atoms with Gasteiger partial charge in [0.1, 0.15) is 5.82 Å². The number of ether oxygens (including phenoxy) is 2. The van der Waals surface area contributed by atoms with Gasteiger partial charge in [0.2, 0.25) is 0 Å². The summed E-state index contributed by atoms with van der Waals surface area (Å²) in [4.78, 5) is 2.25. The maximum atomic E-state index is 13.5. The van der Waals surface area contributed by atoms with Crippen LogP contribution in [0.2, 0.25) is 0 Å². The van der Waals surface area contributed by atoms with E-state index >= 15 is 0 Å². The molecule has 22 heavy (non-hydrogen) atoms. The number of β-amino-alcohol motifs (C(OH)–C–C–N with tert-alkyl or cyclic N) is 1.